The van der Waals surface area contributed by atoms with Gasteiger partial charge in [-0.05, 0) is 53.9 Å². The molecule has 16 heteroatoms. The van der Waals surface area contributed by atoms with Gasteiger partial charge in [0.15, 0.2) is 0 Å². The van der Waals surface area contributed by atoms with E-state index in [0.29, 0.717) is 22.7 Å². The number of halogens is 5. The Kier molecular flexibility index (Phi) is 7.34. The standard InChI is InChI=1S/C25H19ClF4N4O5S2/c26-18-7-6-16(11-17(18)25(28,29)30)40(36,37)33-21(24-31-19-8-5-15(27)10-20(19)32-24)9-13-1-3-14(4-2-13)22-12-23(35)34-41(22,38)39/h1-8,10-11,21-22,33H,9,12H2,(H,31,32)(H,34,35)/t21-,22?/m0/s1. The number of sulfonamides is 2. The van der Waals surface area contributed by atoms with E-state index in [1.54, 1.807) is 0 Å². The summed E-state index contributed by atoms with van der Waals surface area (Å²) in [6, 6.07) is 10.7. The number of benzene rings is 3. The predicted molar refractivity (Wildman–Crippen MR) is 140 cm³/mol. The first-order valence-corrected chi connectivity index (χ1v) is 15.2. The van der Waals surface area contributed by atoms with E-state index >= 15 is 0 Å². The molecule has 0 saturated carbocycles. The lowest BCUT2D eigenvalue weighted by atomic mass is 10.0. The molecule has 3 aromatic carbocycles. The number of aromatic nitrogens is 2. The smallest absolute Gasteiger partial charge is 0.341 e. The molecule has 1 amide bonds. The third kappa shape index (κ3) is 6.07. The third-order valence-electron chi connectivity index (χ3n) is 6.44. The van der Waals surface area contributed by atoms with Crippen LogP contribution in [0.1, 0.15) is 40.2 Å². The van der Waals surface area contributed by atoms with Gasteiger partial charge in [0.1, 0.15) is 16.9 Å². The minimum atomic E-state index is -4.90. The van der Waals surface area contributed by atoms with Gasteiger partial charge < -0.3 is 4.98 Å². The first kappa shape index (κ1) is 29.0. The Bertz CT molecular complexity index is 1880. The van der Waals surface area contributed by atoms with Crippen LogP contribution in [0, 0.1) is 5.82 Å². The van der Waals surface area contributed by atoms with Crippen LogP contribution >= 0.6 is 11.6 Å². The topological polar surface area (TPSA) is 138 Å². The Hall–Kier alpha value is -3.53. The summed E-state index contributed by atoms with van der Waals surface area (Å²) in [6.07, 6.45) is -5.24. The molecule has 1 aliphatic rings. The average molecular weight is 631 g/mol. The van der Waals surface area contributed by atoms with E-state index in [1.165, 1.54) is 30.3 Å². The van der Waals surface area contributed by atoms with Gasteiger partial charge in [-0.25, -0.2) is 30.9 Å². The van der Waals surface area contributed by atoms with Crippen LogP contribution in [-0.2, 0) is 37.4 Å². The Morgan fingerprint density at radius 2 is 1.78 bits per heavy atom. The van der Waals surface area contributed by atoms with Crippen molar-refractivity contribution in [2.24, 2.45) is 0 Å². The van der Waals surface area contributed by atoms with Crippen molar-refractivity contribution >= 4 is 48.6 Å². The Balaban J connectivity index is 1.50. The van der Waals surface area contributed by atoms with Crippen molar-refractivity contribution in [3.63, 3.8) is 0 Å². The van der Waals surface area contributed by atoms with Crippen molar-refractivity contribution in [3.8, 4) is 0 Å². The van der Waals surface area contributed by atoms with Crippen LogP contribution in [0.2, 0.25) is 5.02 Å². The zero-order valence-electron chi connectivity index (χ0n) is 20.5. The number of nitrogens with one attached hydrogen (secondary N) is 3. The summed E-state index contributed by atoms with van der Waals surface area (Å²) in [5.41, 5.74) is 0.0757. The van der Waals surface area contributed by atoms with E-state index in [2.05, 4.69) is 14.7 Å². The Morgan fingerprint density at radius 3 is 2.41 bits per heavy atom. The quantitative estimate of drug-likeness (QED) is 0.257. The molecule has 0 radical (unpaired) electrons. The number of H-pyrrole nitrogens is 1. The largest absolute Gasteiger partial charge is 0.417 e. The molecule has 41 heavy (non-hydrogen) atoms. The van der Waals surface area contributed by atoms with Crippen LogP contribution in [0.3, 0.4) is 0 Å². The highest BCUT2D eigenvalue weighted by Crippen LogP contribution is 2.36. The molecule has 3 N–H and O–H groups in total. The highest BCUT2D eigenvalue weighted by molar-refractivity contribution is 7.90. The van der Waals surface area contributed by atoms with Gasteiger partial charge in [0, 0.05) is 0 Å². The van der Waals surface area contributed by atoms with Gasteiger partial charge in [0.2, 0.25) is 26.0 Å². The van der Waals surface area contributed by atoms with Crippen molar-refractivity contribution in [2.45, 2.75) is 35.2 Å². The molecule has 5 rings (SSSR count). The van der Waals surface area contributed by atoms with Gasteiger partial charge >= 0.3 is 6.18 Å². The van der Waals surface area contributed by atoms with Gasteiger partial charge in [-0.1, -0.05) is 35.9 Å². The number of carbonyl (C=O) groups is 1. The van der Waals surface area contributed by atoms with E-state index in [1.807, 2.05) is 4.72 Å². The minimum absolute atomic E-state index is 0.0522. The van der Waals surface area contributed by atoms with Crippen molar-refractivity contribution in [1.29, 1.82) is 0 Å². The molecule has 2 atom stereocenters. The van der Waals surface area contributed by atoms with Crippen LogP contribution in [-0.4, -0.2) is 32.7 Å². The number of imidazole rings is 1. The summed E-state index contributed by atoms with van der Waals surface area (Å²) in [6.45, 7) is 0. The monoisotopic (exact) mass is 630 g/mol. The van der Waals surface area contributed by atoms with Crippen LogP contribution in [0.5, 0.6) is 0 Å². The van der Waals surface area contributed by atoms with Crippen LogP contribution in [0.15, 0.2) is 65.6 Å². The molecule has 0 bridgehead atoms. The van der Waals surface area contributed by atoms with Gasteiger partial charge in [-0.2, -0.15) is 13.2 Å². The van der Waals surface area contributed by atoms with E-state index in [-0.39, 0.29) is 24.2 Å². The number of fused-ring (bicyclic) bond motifs is 1. The molecule has 1 aromatic heterocycles. The van der Waals surface area contributed by atoms with Gasteiger partial charge in [-0.3, -0.25) is 9.52 Å². The number of aromatic amines is 1. The average Bonchev–Trinajstić information content (AvgIpc) is 3.42. The molecule has 4 aromatic rings. The van der Waals surface area contributed by atoms with E-state index in [0.717, 1.165) is 24.3 Å². The number of rotatable bonds is 7. The van der Waals surface area contributed by atoms with E-state index < -0.39 is 64.7 Å². The number of alkyl halides is 3. The van der Waals surface area contributed by atoms with E-state index in [4.69, 9.17) is 11.6 Å². The lowest BCUT2D eigenvalue weighted by Gasteiger charge is -2.18. The Morgan fingerprint density at radius 1 is 1.07 bits per heavy atom. The molecule has 1 fully saturated rings. The number of hydrogen-bond donors (Lipinski definition) is 3. The summed E-state index contributed by atoms with van der Waals surface area (Å²) in [5.74, 6) is -1.15. The first-order valence-electron chi connectivity index (χ1n) is 11.8. The first-order chi connectivity index (χ1) is 19.1. The van der Waals surface area contributed by atoms with Crippen LogP contribution < -0.4 is 9.44 Å². The second kappa shape index (κ2) is 10.4. The minimum Gasteiger partial charge on any atom is -0.341 e. The summed E-state index contributed by atoms with van der Waals surface area (Å²) < 4.78 is 109. The molecule has 2 heterocycles. The second-order valence-corrected chi connectivity index (χ2v) is 13.3. The molecule has 9 nitrogen and oxygen atoms in total. The number of hydrogen-bond acceptors (Lipinski definition) is 6. The molecule has 0 aliphatic carbocycles. The highest BCUT2D eigenvalue weighted by Gasteiger charge is 2.38. The Labute approximate surface area is 236 Å². The lowest BCUT2D eigenvalue weighted by molar-refractivity contribution is -0.137. The molecular formula is C25H19ClF4N4O5S2. The normalized spacial score (nSPS) is 18.0. The van der Waals surface area contributed by atoms with Gasteiger partial charge in [-0.15, -0.1) is 0 Å². The van der Waals surface area contributed by atoms with Gasteiger partial charge in [0.05, 0.1) is 39.0 Å². The maximum atomic E-state index is 13.8. The van der Waals surface area contributed by atoms with Crippen molar-refractivity contribution in [1.82, 2.24) is 19.4 Å². The fraction of sp³-hybridized carbons (Fsp3) is 0.200. The van der Waals surface area contributed by atoms with Crippen molar-refractivity contribution in [2.75, 3.05) is 0 Å². The molecular weight excluding hydrogens is 612 g/mol. The summed E-state index contributed by atoms with van der Waals surface area (Å²) in [7, 11) is -8.47. The van der Waals surface area contributed by atoms with Crippen LogP contribution in [0.25, 0.3) is 11.0 Å². The summed E-state index contributed by atoms with van der Waals surface area (Å²) >= 11 is 5.64. The predicted octanol–water partition coefficient (Wildman–Crippen LogP) is 4.53. The molecule has 216 valence electrons. The fourth-order valence-electron chi connectivity index (χ4n) is 4.46. The fourth-order valence-corrected chi connectivity index (χ4v) is 7.34. The van der Waals surface area contributed by atoms with Crippen molar-refractivity contribution < 1.29 is 39.2 Å². The van der Waals surface area contributed by atoms with E-state index in [9.17, 15) is 39.2 Å². The zero-order chi connectivity index (χ0) is 29.7. The summed E-state index contributed by atoms with van der Waals surface area (Å²) in [4.78, 5) is 18.1. The maximum absolute atomic E-state index is 13.8. The number of amides is 1. The molecule has 1 unspecified atom stereocenters. The highest BCUT2D eigenvalue weighted by atomic mass is 35.5. The third-order valence-corrected chi connectivity index (χ3v) is 9.94. The number of carbonyl (C=O) groups excluding carboxylic acids is 1. The second-order valence-electron chi connectivity index (χ2n) is 9.31. The molecule has 0 spiro atoms. The number of nitrogens with zero attached hydrogens (tertiary/aromatic N) is 1. The lowest BCUT2D eigenvalue weighted by Crippen LogP contribution is -2.31. The maximum Gasteiger partial charge on any atom is 0.417 e. The molecule has 1 saturated heterocycles. The molecule has 1 aliphatic heterocycles. The van der Waals surface area contributed by atoms with Crippen LogP contribution in [0.4, 0.5) is 17.6 Å². The SMILES string of the molecule is O=C1CC(c2ccc(C[C@H](NS(=O)(=O)c3ccc(Cl)c(C(F)(F)F)c3)c3nc4ccc(F)cc4[nH]3)cc2)S(=O)(=O)N1. The summed E-state index contributed by atoms with van der Waals surface area (Å²) in [5, 5.41) is -1.76. The van der Waals surface area contributed by atoms with Crippen molar-refractivity contribution in [3.05, 3.63) is 94.0 Å². The van der Waals surface area contributed by atoms with Gasteiger partial charge in [0.25, 0.3) is 0 Å². The zero-order valence-corrected chi connectivity index (χ0v) is 22.9.